The Kier molecular flexibility index (Phi) is 5.65. The first-order chi connectivity index (χ1) is 8.39. The quantitative estimate of drug-likeness (QED) is 0.749. The zero-order valence-electron chi connectivity index (χ0n) is 11.3. The molecule has 0 aromatic carbocycles. The van der Waals surface area contributed by atoms with Crippen LogP contribution in [-0.2, 0) is 14.6 Å². The maximum Gasteiger partial charge on any atom is 0.221 e. The first-order valence-corrected chi connectivity index (χ1v) is 8.62. The molecule has 1 saturated carbocycles. The summed E-state index contributed by atoms with van der Waals surface area (Å²) in [4.78, 5) is 11.7. The number of sulfone groups is 1. The lowest BCUT2D eigenvalue weighted by molar-refractivity contribution is -0.121. The summed E-state index contributed by atoms with van der Waals surface area (Å²) in [5, 5.41) is 6.17. The highest BCUT2D eigenvalue weighted by Crippen LogP contribution is 2.46. The number of amides is 1. The van der Waals surface area contributed by atoms with Crippen LogP contribution in [0.15, 0.2) is 0 Å². The van der Waals surface area contributed by atoms with Gasteiger partial charge in [-0.1, -0.05) is 0 Å². The van der Waals surface area contributed by atoms with E-state index in [0.29, 0.717) is 19.0 Å². The summed E-state index contributed by atoms with van der Waals surface area (Å²) < 4.78 is 22.6. The van der Waals surface area contributed by atoms with Crippen molar-refractivity contribution in [2.45, 2.75) is 38.1 Å². The van der Waals surface area contributed by atoms with Gasteiger partial charge in [0.15, 0.2) is 0 Å². The van der Waals surface area contributed by atoms with E-state index in [4.69, 9.17) is 0 Å². The molecule has 0 spiro atoms. The van der Waals surface area contributed by atoms with Crippen LogP contribution in [0.2, 0.25) is 0 Å². The third kappa shape index (κ3) is 5.67. The number of halogens is 1. The van der Waals surface area contributed by atoms with Gasteiger partial charge in [0.25, 0.3) is 0 Å². The molecule has 0 radical (unpaired) electrons. The third-order valence-corrected chi connectivity index (χ3v) is 4.92. The minimum atomic E-state index is -2.95. The SMILES string of the molecule is CS(=O)(=O)CC1(CNC(=O)CC2CCCN2)CC1.Cl. The van der Waals surface area contributed by atoms with Crippen molar-refractivity contribution in [3.05, 3.63) is 0 Å². The van der Waals surface area contributed by atoms with E-state index in [1.54, 1.807) is 0 Å². The van der Waals surface area contributed by atoms with Gasteiger partial charge < -0.3 is 10.6 Å². The monoisotopic (exact) mass is 310 g/mol. The molecule has 1 aliphatic carbocycles. The molecule has 0 aromatic rings. The molecule has 0 aromatic heterocycles. The lowest BCUT2D eigenvalue weighted by atomic mass is 10.1. The van der Waals surface area contributed by atoms with Crippen LogP contribution in [-0.4, -0.2) is 45.5 Å². The molecule has 1 amide bonds. The Morgan fingerprint density at radius 1 is 1.42 bits per heavy atom. The summed E-state index contributed by atoms with van der Waals surface area (Å²) in [5.74, 6) is 0.233. The molecular formula is C12H23ClN2O3S. The van der Waals surface area contributed by atoms with Crippen LogP contribution in [0, 0.1) is 5.41 Å². The minimum absolute atomic E-state index is 0. The second-order valence-corrected chi connectivity index (χ2v) is 7.98. The zero-order chi connectivity index (χ0) is 13.2. The van der Waals surface area contributed by atoms with Gasteiger partial charge in [-0.2, -0.15) is 0 Å². The fourth-order valence-corrected chi connectivity index (χ4v) is 4.12. The third-order valence-electron chi connectivity index (χ3n) is 3.78. The average molecular weight is 311 g/mol. The fraction of sp³-hybridized carbons (Fsp3) is 0.917. The second-order valence-electron chi connectivity index (χ2n) is 5.84. The van der Waals surface area contributed by atoms with Crippen molar-refractivity contribution < 1.29 is 13.2 Å². The van der Waals surface area contributed by atoms with Gasteiger partial charge in [0.1, 0.15) is 9.84 Å². The van der Waals surface area contributed by atoms with Gasteiger partial charge in [0.05, 0.1) is 5.75 Å². The van der Waals surface area contributed by atoms with E-state index in [0.717, 1.165) is 32.2 Å². The van der Waals surface area contributed by atoms with E-state index < -0.39 is 9.84 Å². The van der Waals surface area contributed by atoms with Crippen LogP contribution in [0.5, 0.6) is 0 Å². The topological polar surface area (TPSA) is 75.3 Å². The number of hydrogen-bond acceptors (Lipinski definition) is 4. The normalized spacial score (nSPS) is 24.6. The van der Waals surface area contributed by atoms with Gasteiger partial charge >= 0.3 is 0 Å². The Morgan fingerprint density at radius 2 is 2.11 bits per heavy atom. The zero-order valence-corrected chi connectivity index (χ0v) is 12.9. The molecule has 2 rings (SSSR count). The van der Waals surface area contributed by atoms with Crippen molar-refractivity contribution in [2.24, 2.45) is 5.41 Å². The second kappa shape index (κ2) is 6.41. The molecule has 1 heterocycles. The van der Waals surface area contributed by atoms with Crippen molar-refractivity contribution in [1.82, 2.24) is 10.6 Å². The highest BCUT2D eigenvalue weighted by molar-refractivity contribution is 7.90. The van der Waals surface area contributed by atoms with Crippen LogP contribution >= 0.6 is 12.4 Å². The number of nitrogens with one attached hydrogen (secondary N) is 2. The summed E-state index contributed by atoms with van der Waals surface area (Å²) in [6.07, 6.45) is 5.77. The Labute approximate surface area is 121 Å². The van der Waals surface area contributed by atoms with Crippen molar-refractivity contribution in [3.8, 4) is 0 Å². The molecule has 1 atom stereocenters. The van der Waals surface area contributed by atoms with Gasteiger partial charge in [-0.25, -0.2) is 8.42 Å². The first kappa shape index (κ1) is 16.7. The van der Waals surface area contributed by atoms with E-state index in [1.807, 2.05) is 0 Å². The van der Waals surface area contributed by atoms with Gasteiger partial charge in [0, 0.05) is 30.7 Å². The predicted molar refractivity (Wildman–Crippen MR) is 77.3 cm³/mol. The molecule has 2 N–H and O–H groups in total. The smallest absolute Gasteiger partial charge is 0.221 e. The maximum absolute atomic E-state index is 11.7. The number of carbonyl (C=O) groups excluding carboxylic acids is 1. The van der Waals surface area contributed by atoms with Gasteiger partial charge in [-0.05, 0) is 32.2 Å². The Bertz CT molecular complexity index is 415. The molecule has 1 aliphatic heterocycles. The molecule has 2 fully saturated rings. The molecule has 7 heteroatoms. The summed E-state index contributed by atoms with van der Waals surface area (Å²) in [6.45, 7) is 1.50. The van der Waals surface area contributed by atoms with E-state index in [1.165, 1.54) is 6.26 Å². The predicted octanol–water partition coefficient (Wildman–Crippen LogP) is 0.491. The standard InChI is InChI=1S/C12H22N2O3S.ClH/c1-18(16,17)9-12(4-5-12)8-14-11(15)7-10-3-2-6-13-10;/h10,13H,2-9H2,1H3,(H,14,15);1H. The summed E-state index contributed by atoms with van der Waals surface area (Å²) in [7, 11) is -2.95. The summed E-state index contributed by atoms with van der Waals surface area (Å²) in [5.41, 5.74) is -0.174. The van der Waals surface area contributed by atoms with Crippen molar-refractivity contribution in [1.29, 1.82) is 0 Å². The molecule has 1 saturated heterocycles. The van der Waals surface area contributed by atoms with Gasteiger partial charge in [-0.15, -0.1) is 12.4 Å². The molecular weight excluding hydrogens is 288 g/mol. The van der Waals surface area contributed by atoms with Crippen molar-refractivity contribution in [3.63, 3.8) is 0 Å². The van der Waals surface area contributed by atoms with Crippen LogP contribution < -0.4 is 10.6 Å². The first-order valence-electron chi connectivity index (χ1n) is 6.56. The molecule has 2 aliphatic rings. The van der Waals surface area contributed by atoms with Crippen molar-refractivity contribution in [2.75, 3.05) is 25.1 Å². The van der Waals surface area contributed by atoms with Crippen LogP contribution in [0.3, 0.4) is 0 Å². The number of carbonyl (C=O) groups is 1. The van der Waals surface area contributed by atoms with E-state index in [9.17, 15) is 13.2 Å². The highest BCUT2D eigenvalue weighted by Gasteiger charge is 2.45. The van der Waals surface area contributed by atoms with Crippen LogP contribution in [0.1, 0.15) is 32.1 Å². The lowest BCUT2D eigenvalue weighted by Gasteiger charge is -2.16. The van der Waals surface area contributed by atoms with Crippen LogP contribution in [0.4, 0.5) is 0 Å². The van der Waals surface area contributed by atoms with E-state index >= 15 is 0 Å². The molecule has 19 heavy (non-hydrogen) atoms. The van der Waals surface area contributed by atoms with E-state index in [2.05, 4.69) is 10.6 Å². The Hall–Kier alpha value is -0.330. The fourth-order valence-electron chi connectivity index (χ4n) is 2.62. The van der Waals surface area contributed by atoms with E-state index in [-0.39, 0.29) is 29.5 Å². The van der Waals surface area contributed by atoms with Gasteiger partial charge in [-0.3, -0.25) is 4.79 Å². The average Bonchev–Trinajstić information content (AvgIpc) is 2.79. The molecule has 112 valence electrons. The minimum Gasteiger partial charge on any atom is -0.355 e. The molecule has 0 bridgehead atoms. The van der Waals surface area contributed by atoms with Gasteiger partial charge in [0.2, 0.25) is 5.91 Å². The molecule has 1 unspecified atom stereocenters. The highest BCUT2D eigenvalue weighted by atomic mass is 35.5. The lowest BCUT2D eigenvalue weighted by Crippen LogP contribution is -2.36. The van der Waals surface area contributed by atoms with Crippen molar-refractivity contribution >= 4 is 28.2 Å². The largest absolute Gasteiger partial charge is 0.355 e. The summed E-state index contributed by atoms with van der Waals surface area (Å²) in [6, 6.07) is 0.301. The Morgan fingerprint density at radius 3 is 2.58 bits per heavy atom. The summed E-state index contributed by atoms with van der Waals surface area (Å²) >= 11 is 0. The molecule has 5 nitrogen and oxygen atoms in total. The van der Waals surface area contributed by atoms with Crippen LogP contribution in [0.25, 0.3) is 0 Å². The maximum atomic E-state index is 11.7. The number of hydrogen-bond donors (Lipinski definition) is 2. The number of rotatable bonds is 6. The Balaban J connectivity index is 0.00000180.